The predicted molar refractivity (Wildman–Crippen MR) is 133 cm³/mol. The molecule has 0 aromatic carbocycles. The lowest BCUT2D eigenvalue weighted by Gasteiger charge is -2.02. The van der Waals surface area contributed by atoms with Gasteiger partial charge in [-0.2, -0.15) is 0 Å². The molecule has 0 aliphatic rings. The van der Waals surface area contributed by atoms with E-state index in [-0.39, 0.29) is 0 Å². The van der Waals surface area contributed by atoms with Gasteiger partial charge in [0.05, 0.1) is 0 Å². The van der Waals surface area contributed by atoms with Gasteiger partial charge in [0, 0.05) is 0 Å². The van der Waals surface area contributed by atoms with E-state index in [2.05, 4.69) is 79.0 Å². The lowest BCUT2D eigenvalue weighted by Crippen LogP contribution is -1.82. The number of allylic oxidation sites excluding steroid dienone is 10. The molecule has 0 aliphatic heterocycles. The van der Waals surface area contributed by atoms with Crippen molar-refractivity contribution in [3.63, 3.8) is 0 Å². The molecular weight excluding hydrogens is 336 g/mol. The van der Waals surface area contributed by atoms with Gasteiger partial charge in [0.25, 0.3) is 0 Å². The van der Waals surface area contributed by atoms with E-state index in [0.717, 1.165) is 12.8 Å². The molecule has 0 bridgehead atoms. The molecule has 0 rings (SSSR count). The fourth-order valence-corrected chi connectivity index (χ4v) is 2.87. The second-order valence-electron chi connectivity index (χ2n) is 7.93. The van der Waals surface area contributed by atoms with E-state index in [1.165, 1.54) is 73.7 Å². The van der Waals surface area contributed by atoms with E-state index >= 15 is 0 Å². The second kappa shape index (κ2) is 21.7. The van der Waals surface area contributed by atoms with Gasteiger partial charge in [-0.3, -0.25) is 0 Å². The molecule has 0 aromatic rings. The molecule has 0 nitrogen and oxygen atoms in total. The maximum absolute atomic E-state index is 3.77. The van der Waals surface area contributed by atoms with Gasteiger partial charge in [-0.15, -0.1) is 13.2 Å². The second-order valence-corrected chi connectivity index (χ2v) is 7.93. The van der Waals surface area contributed by atoms with Gasteiger partial charge in [-0.25, -0.2) is 0 Å². The molecule has 0 saturated heterocycles. The molecule has 0 saturated carbocycles. The highest BCUT2D eigenvalue weighted by Crippen LogP contribution is 2.14. The molecule has 0 amide bonds. The first kappa shape index (κ1) is 28.6. The van der Waals surface area contributed by atoms with Crippen LogP contribution in [0.25, 0.3) is 0 Å². The van der Waals surface area contributed by atoms with Crippen molar-refractivity contribution in [3.05, 3.63) is 71.9 Å². The van der Waals surface area contributed by atoms with Crippen molar-refractivity contribution in [2.24, 2.45) is 0 Å². The van der Waals surface area contributed by atoms with Crippen molar-refractivity contribution in [2.45, 2.75) is 106 Å². The van der Waals surface area contributed by atoms with Crippen LogP contribution in [0.1, 0.15) is 106 Å². The normalized spacial score (nSPS) is 11.2. The summed E-state index contributed by atoms with van der Waals surface area (Å²) >= 11 is 0. The minimum absolute atomic E-state index is 1.05. The molecular formula is C28H48. The Kier molecular flexibility index (Phi) is 22.2. The van der Waals surface area contributed by atoms with Crippen LogP contribution in [0.5, 0.6) is 0 Å². The summed E-state index contributed by atoms with van der Waals surface area (Å²) < 4.78 is 0. The number of hydrogen-bond donors (Lipinski definition) is 0. The predicted octanol–water partition coefficient (Wildman–Crippen LogP) is 10.1. The highest BCUT2D eigenvalue weighted by molar-refractivity contribution is 5.05. The maximum Gasteiger partial charge on any atom is -0.0142 e. The number of unbranched alkanes of at least 4 members (excludes halogenated alkanes) is 4. The highest BCUT2D eigenvalue weighted by atomic mass is 14.0. The first-order valence-electron chi connectivity index (χ1n) is 11.2. The smallest absolute Gasteiger partial charge is 0.0142 e. The van der Waals surface area contributed by atoms with Crippen LogP contribution >= 0.6 is 0 Å². The monoisotopic (exact) mass is 384 g/mol. The van der Waals surface area contributed by atoms with Gasteiger partial charge in [-0.1, -0.05) is 58.7 Å². The average molecular weight is 385 g/mol. The lowest BCUT2D eigenvalue weighted by atomic mass is 10.0. The Labute approximate surface area is 177 Å². The zero-order valence-corrected chi connectivity index (χ0v) is 19.9. The minimum Gasteiger partial charge on any atom is -0.103 e. The summed E-state index contributed by atoms with van der Waals surface area (Å²) in [6.07, 6.45) is 25.3. The van der Waals surface area contributed by atoms with Crippen molar-refractivity contribution in [1.29, 1.82) is 0 Å². The van der Waals surface area contributed by atoms with E-state index in [4.69, 9.17) is 0 Å². The van der Waals surface area contributed by atoms with Crippen molar-refractivity contribution in [1.82, 2.24) is 0 Å². The Morgan fingerprint density at radius 1 is 0.607 bits per heavy atom. The summed E-state index contributed by atoms with van der Waals surface area (Å²) in [6.45, 7) is 20.4. The molecule has 0 heterocycles. The molecule has 0 N–H and O–H groups in total. The van der Waals surface area contributed by atoms with Gasteiger partial charge in [0.1, 0.15) is 0 Å². The largest absolute Gasteiger partial charge is 0.103 e. The Morgan fingerprint density at radius 2 is 0.964 bits per heavy atom. The van der Waals surface area contributed by atoms with Crippen LogP contribution in [-0.4, -0.2) is 0 Å². The quantitative estimate of drug-likeness (QED) is 0.206. The Balaban J connectivity index is 0. The third kappa shape index (κ3) is 22.5. The molecule has 0 fully saturated rings. The summed E-state index contributed by atoms with van der Waals surface area (Å²) in [5.74, 6) is 0. The van der Waals surface area contributed by atoms with Crippen LogP contribution in [0, 0.1) is 0 Å². The third-order valence-corrected chi connectivity index (χ3v) is 4.64. The molecule has 160 valence electrons. The molecule has 0 spiro atoms. The summed E-state index contributed by atoms with van der Waals surface area (Å²) in [5, 5.41) is 0. The summed E-state index contributed by atoms with van der Waals surface area (Å²) in [5.41, 5.74) is 5.92. The highest BCUT2D eigenvalue weighted by Gasteiger charge is 1.94. The zero-order chi connectivity index (χ0) is 21.6. The van der Waals surface area contributed by atoms with Crippen LogP contribution in [0.2, 0.25) is 0 Å². The topological polar surface area (TPSA) is 0 Å². The van der Waals surface area contributed by atoms with E-state index in [0.29, 0.717) is 0 Å². The van der Waals surface area contributed by atoms with Crippen LogP contribution < -0.4 is 0 Å². The first-order chi connectivity index (χ1) is 13.4. The van der Waals surface area contributed by atoms with Gasteiger partial charge >= 0.3 is 0 Å². The van der Waals surface area contributed by atoms with Crippen LogP contribution in [0.4, 0.5) is 0 Å². The molecule has 0 atom stereocenters. The van der Waals surface area contributed by atoms with E-state index in [9.17, 15) is 0 Å². The third-order valence-electron chi connectivity index (χ3n) is 4.64. The molecule has 0 aromatic heterocycles. The van der Waals surface area contributed by atoms with Crippen LogP contribution in [0.3, 0.4) is 0 Å². The molecule has 0 unspecified atom stereocenters. The molecule has 0 heteroatoms. The Bertz CT molecular complexity index is 452. The minimum atomic E-state index is 1.05. The summed E-state index contributed by atoms with van der Waals surface area (Å²) in [6, 6.07) is 0. The van der Waals surface area contributed by atoms with Gasteiger partial charge in [0.15, 0.2) is 0 Å². The van der Waals surface area contributed by atoms with Crippen molar-refractivity contribution in [3.8, 4) is 0 Å². The zero-order valence-electron chi connectivity index (χ0n) is 19.9. The Morgan fingerprint density at radius 3 is 1.21 bits per heavy atom. The number of hydrogen-bond acceptors (Lipinski definition) is 0. The number of rotatable bonds is 14. The first-order valence-corrected chi connectivity index (χ1v) is 11.2. The van der Waals surface area contributed by atoms with Crippen molar-refractivity contribution in [2.75, 3.05) is 0 Å². The van der Waals surface area contributed by atoms with E-state index < -0.39 is 0 Å². The van der Waals surface area contributed by atoms with Gasteiger partial charge < -0.3 is 0 Å². The van der Waals surface area contributed by atoms with Gasteiger partial charge in [-0.05, 0) is 106 Å². The fraction of sp³-hybridized carbons (Fsp3) is 0.571. The van der Waals surface area contributed by atoms with Crippen molar-refractivity contribution < 1.29 is 0 Å². The van der Waals surface area contributed by atoms with Crippen LogP contribution in [0.15, 0.2) is 71.9 Å². The van der Waals surface area contributed by atoms with Crippen LogP contribution in [-0.2, 0) is 0 Å². The van der Waals surface area contributed by atoms with Gasteiger partial charge in [0.2, 0.25) is 0 Å². The van der Waals surface area contributed by atoms with E-state index in [1.54, 1.807) is 0 Å². The molecule has 28 heavy (non-hydrogen) atoms. The van der Waals surface area contributed by atoms with Crippen molar-refractivity contribution >= 4 is 0 Å². The SMILES string of the molecule is C=CCC(=CC)CCCCC=C(C)C.C=CCC(=CC)CCCCC=C(C)C. The summed E-state index contributed by atoms with van der Waals surface area (Å²) in [4.78, 5) is 0. The fourth-order valence-electron chi connectivity index (χ4n) is 2.87. The summed E-state index contributed by atoms with van der Waals surface area (Å²) in [7, 11) is 0. The maximum atomic E-state index is 3.77. The lowest BCUT2D eigenvalue weighted by molar-refractivity contribution is 0.731. The van der Waals surface area contributed by atoms with E-state index in [1.807, 2.05) is 12.2 Å². The Hall–Kier alpha value is -1.56. The molecule has 0 radical (unpaired) electrons. The average Bonchev–Trinajstić information content (AvgIpc) is 2.65. The standard InChI is InChI=1S/2C14H24/c2*1-5-10-14(6-2)12-9-7-8-11-13(3)4/h2*5-6,11H,1,7-10,12H2,2-4H3. The molecule has 0 aliphatic carbocycles.